The fourth-order valence-electron chi connectivity index (χ4n) is 0.873. The van der Waals surface area contributed by atoms with E-state index in [0.29, 0.717) is 17.4 Å². The van der Waals surface area contributed by atoms with Crippen LogP contribution in [0.1, 0.15) is 20.3 Å². The van der Waals surface area contributed by atoms with Crippen LogP contribution in [-0.4, -0.2) is 41.3 Å². The lowest BCUT2D eigenvalue weighted by molar-refractivity contribution is -0.145. The number of ether oxygens (including phenoxy) is 1. The molecule has 0 saturated heterocycles. The second-order valence-corrected chi connectivity index (χ2v) is 4.97. The number of carbonyl (C=O) groups is 1. The van der Waals surface area contributed by atoms with Gasteiger partial charge in [0.25, 0.3) is 0 Å². The average molecular weight is 221 g/mol. The molecule has 0 aliphatic carbocycles. The normalized spacial score (nSPS) is 17.2. The molecule has 0 aliphatic rings. The van der Waals surface area contributed by atoms with E-state index in [0.717, 1.165) is 0 Å². The highest BCUT2D eigenvalue weighted by Crippen LogP contribution is 2.19. The maximum Gasteiger partial charge on any atom is 0.326 e. The molecular weight excluding hydrogens is 202 g/mol. The minimum atomic E-state index is -0.941. The van der Waals surface area contributed by atoms with Crippen LogP contribution >= 0.6 is 11.8 Å². The van der Waals surface area contributed by atoms with Crippen molar-refractivity contribution in [1.29, 1.82) is 0 Å². The van der Waals surface area contributed by atoms with Gasteiger partial charge in [0, 0.05) is 17.6 Å². The van der Waals surface area contributed by atoms with Crippen LogP contribution in [0.25, 0.3) is 0 Å². The number of carbonyl (C=O) groups excluding carboxylic acids is 1. The van der Waals surface area contributed by atoms with Gasteiger partial charge >= 0.3 is 5.97 Å². The molecule has 0 rings (SSSR count). The molecule has 4 nitrogen and oxygen atoms in total. The molecule has 5 heteroatoms. The lowest BCUT2D eigenvalue weighted by Gasteiger charge is -2.22. The molecule has 14 heavy (non-hydrogen) atoms. The number of nitrogens with two attached hydrogens (primary N) is 1. The zero-order valence-electron chi connectivity index (χ0n) is 8.95. The van der Waals surface area contributed by atoms with E-state index in [9.17, 15) is 4.79 Å². The minimum Gasteiger partial charge on any atom is -0.468 e. The predicted octanol–water partition coefficient (Wildman–Crippen LogP) is 0.381. The molecule has 2 atom stereocenters. The maximum atomic E-state index is 11.2. The SMILES string of the molecule is COC(=O)C(C)(N)CSC(C)CCO. The van der Waals surface area contributed by atoms with E-state index in [4.69, 9.17) is 10.8 Å². The van der Waals surface area contributed by atoms with Crippen molar-refractivity contribution in [1.82, 2.24) is 0 Å². The van der Waals surface area contributed by atoms with E-state index >= 15 is 0 Å². The molecule has 0 spiro atoms. The summed E-state index contributed by atoms with van der Waals surface area (Å²) in [6, 6.07) is 0. The Kier molecular flexibility index (Phi) is 6.15. The van der Waals surface area contributed by atoms with E-state index in [2.05, 4.69) is 4.74 Å². The van der Waals surface area contributed by atoms with Crippen molar-refractivity contribution in [2.75, 3.05) is 19.5 Å². The van der Waals surface area contributed by atoms with Gasteiger partial charge in [-0.05, 0) is 13.3 Å². The van der Waals surface area contributed by atoms with Crippen LogP contribution in [0.2, 0.25) is 0 Å². The number of rotatable bonds is 6. The number of hydrogen-bond acceptors (Lipinski definition) is 5. The van der Waals surface area contributed by atoms with Gasteiger partial charge < -0.3 is 15.6 Å². The van der Waals surface area contributed by atoms with Crippen molar-refractivity contribution >= 4 is 17.7 Å². The number of aliphatic hydroxyl groups is 1. The molecule has 0 fully saturated rings. The Morgan fingerprint density at radius 1 is 1.71 bits per heavy atom. The van der Waals surface area contributed by atoms with E-state index < -0.39 is 11.5 Å². The van der Waals surface area contributed by atoms with Gasteiger partial charge in [0.1, 0.15) is 5.54 Å². The van der Waals surface area contributed by atoms with Crippen molar-refractivity contribution in [3.8, 4) is 0 Å². The summed E-state index contributed by atoms with van der Waals surface area (Å²) in [5.74, 6) is 0.0992. The molecule has 0 aliphatic heterocycles. The average Bonchev–Trinajstić information content (AvgIpc) is 2.14. The maximum absolute atomic E-state index is 11.2. The van der Waals surface area contributed by atoms with Crippen molar-refractivity contribution in [3.05, 3.63) is 0 Å². The van der Waals surface area contributed by atoms with Crippen molar-refractivity contribution < 1.29 is 14.6 Å². The summed E-state index contributed by atoms with van der Waals surface area (Å²) < 4.78 is 4.58. The summed E-state index contributed by atoms with van der Waals surface area (Å²) in [7, 11) is 1.33. The molecule has 2 unspecified atom stereocenters. The zero-order valence-corrected chi connectivity index (χ0v) is 9.76. The molecule has 84 valence electrons. The Morgan fingerprint density at radius 3 is 2.71 bits per heavy atom. The quantitative estimate of drug-likeness (QED) is 0.634. The van der Waals surface area contributed by atoms with E-state index in [-0.39, 0.29) is 6.61 Å². The van der Waals surface area contributed by atoms with Gasteiger partial charge in [0.15, 0.2) is 0 Å². The lowest BCUT2D eigenvalue weighted by Crippen LogP contribution is -2.48. The van der Waals surface area contributed by atoms with Gasteiger partial charge in [0.2, 0.25) is 0 Å². The summed E-state index contributed by atoms with van der Waals surface area (Å²) in [6.45, 7) is 3.80. The number of esters is 1. The third kappa shape index (κ3) is 4.83. The monoisotopic (exact) mass is 221 g/mol. The standard InChI is InChI=1S/C9H19NO3S/c1-7(4-5-11)14-6-9(2,10)8(12)13-3/h7,11H,4-6,10H2,1-3H3. The van der Waals surface area contributed by atoms with Crippen LogP contribution in [0, 0.1) is 0 Å². The third-order valence-corrected chi connectivity index (χ3v) is 3.43. The Bertz CT molecular complexity index is 185. The number of aliphatic hydroxyl groups excluding tert-OH is 1. The number of thioether (sulfide) groups is 1. The zero-order chi connectivity index (χ0) is 11.2. The second-order valence-electron chi connectivity index (χ2n) is 3.54. The van der Waals surface area contributed by atoms with Gasteiger partial charge in [-0.1, -0.05) is 6.92 Å². The molecule has 0 heterocycles. The van der Waals surface area contributed by atoms with Crippen molar-refractivity contribution in [2.45, 2.75) is 31.1 Å². The first-order valence-corrected chi connectivity index (χ1v) is 5.58. The molecule has 0 aromatic carbocycles. The lowest BCUT2D eigenvalue weighted by atomic mass is 10.1. The summed E-state index contributed by atoms with van der Waals surface area (Å²) in [5, 5.41) is 8.98. The fraction of sp³-hybridized carbons (Fsp3) is 0.889. The first-order chi connectivity index (χ1) is 6.44. The fourth-order valence-corrected chi connectivity index (χ4v) is 1.89. The van der Waals surface area contributed by atoms with E-state index in [1.807, 2.05) is 6.92 Å². The van der Waals surface area contributed by atoms with Gasteiger partial charge in [-0.25, -0.2) is 0 Å². The smallest absolute Gasteiger partial charge is 0.326 e. The Hall–Kier alpha value is -0.260. The van der Waals surface area contributed by atoms with E-state index in [1.165, 1.54) is 7.11 Å². The van der Waals surface area contributed by atoms with Crippen LogP contribution < -0.4 is 5.73 Å². The van der Waals surface area contributed by atoms with Crippen LogP contribution in [0.5, 0.6) is 0 Å². The summed E-state index contributed by atoms with van der Waals surface area (Å²) in [5.41, 5.74) is 4.82. The first-order valence-electron chi connectivity index (χ1n) is 4.53. The van der Waals surface area contributed by atoms with Crippen LogP contribution in [0.15, 0.2) is 0 Å². The molecule has 0 aromatic heterocycles. The van der Waals surface area contributed by atoms with Gasteiger partial charge in [-0.2, -0.15) is 11.8 Å². The highest BCUT2D eigenvalue weighted by Gasteiger charge is 2.29. The Labute approximate surface area is 89.2 Å². The molecule has 0 saturated carbocycles. The molecule has 0 aromatic rings. The summed E-state index contributed by atoms with van der Waals surface area (Å²) in [6.07, 6.45) is 0.710. The molecular formula is C9H19NO3S. The molecule has 0 radical (unpaired) electrons. The summed E-state index contributed by atoms with van der Waals surface area (Å²) >= 11 is 1.57. The Morgan fingerprint density at radius 2 is 2.29 bits per heavy atom. The van der Waals surface area contributed by atoms with Crippen molar-refractivity contribution in [2.24, 2.45) is 5.73 Å². The number of hydrogen-bond donors (Lipinski definition) is 2. The minimum absolute atomic E-state index is 0.160. The Balaban J connectivity index is 3.92. The van der Waals surface area contributed by atoms with Gasteiger partial charge in [-0.3, -0.25) is 4.79 Å². The van der Waals surface area contributed by atoms with Gasteiger partial charge in [0.05, 0.1) is 7.11 Å². The highest BCUT2D eigenvalue weighted by atomic mass is 32.2. The van der Waals surface area contributed by atoms with Crippen LogP contribution in [0.4, 0.5) is 0 Å². The number of methoxy groups -OCH3 is 1. The third-order valence-electron chi connectivity index (χ3n) is 1.86. The molecule has 0 amide bonds. The topological polar surface area (TPSA) is 72.5 Å². The van der Waals surface area contributed by atoms with Gasteiger partial charge in [-0.15, -0.1) is 0 Å². The highest BCUT2D eigenvalue weighted by molar-refractivity contribution is 8.00. The van der Waals surface area contributed by atoms with Crippen LogP contribution in [0.3, 0.4) is 0 Å². The second kappa shape index (κ2) is 6.27. The predicted molar refractivity (Wildman–Crippen MR) is 58.2 cm³/mol. The van der Waals surface area contributed by atoms with Crippen LogP contribution in [-0.2, 0) is 9.53 Å². The first kappa shape index (κ1) is 13.7. The molecule has 3 N–H and O–H groups in total. The summed E-state index contributed by atoms with van der Waals surface area (Å²) in [4.78, 5) is 11.2. The largest absolute Gasteiger partial charge is 0.468 e. The molecule has 0 bridgehead atoms. The van der Waals surface area contributed by atoms with E-state index in [1.54, 1.807) is 18.7 Å². The van der Waals surface area contributed by atoms with Crippen molar-refractivity contribution in [3.63, 3.8) is 0 Å².